The highest BCUT2D eigenvalue weighted by Crippen LogP contribution is 2.16. The second-order valence-electron chi connectivity index (χ2n) is 5.06. The Bertz CT molecular complexity index is 547. The molecule has 2 N–H and O–H groups in total. The summed E-state index contributed by atoms with van der Waals surface area (Å²) in [6, 6.07) is 6.55. The Kier molecular flexibility index (Phi) is 4.70. The summed E-state index contributed by atoms with van der Waals surface area (Å²) >= 11 is 0. The lowest BCUT2D eigenvalue weighted by molar-refractivity contribution is -0.138. The fourth-order valence-corrected chi connectivity index (χ4v) is 3.15. The van der Waals surface area contributed by atoms with E-state index in [1.807, 2.05) is 6.92 Å². The van der Waals surface area contributed by atoms with Crippen molar-refractivity contribution in [2.45, 2.75) is 44.0 Å². The molecule has 0 atom stereocenters. The van der Waals surface area contributed by atoms with Crippen LogP contribution in [0.5, 0.6) is 0 Å². The molecule has 1 rings (SSSR count). The zero-order chi connectivity index (χ0) is 14.7. The smallest absolute Gasteiger partial charge is 0.305 e. The van der Waals surface area contributed by atoms with E-state index in [0.717, 1.165) is 12.0 Å². The molecule has 0 spiro atoms. The number of carbonyl (C=O) groups is 1. The van der Waals surface area contributed by atoms with Crippen molar-refractivity contribution in [3.05, 3.63) is 29.8 Å². The second-order valence-corrected chi connectivity index (χ2v) is 6.74. The van der Waals surface area contributed by atoms with Crippen LogP contribution >= 0.6 is 0 Å². The molecule has 0 aliphatic heterocycles. The third-order valence-electron chi connectivity index (χ3n) is 2.65. The number of benzene rings is 1. The largest absolute Gasteiger partial charge is 0.481 e. The molecule has 106 valence electrons. The lowest BCUT2D eigenvalue weighted by Gasteiger charge is -2.23. The van der Waals surface area contributed by atoms with Crippen molar-refractivity contribution in [1.82, 2.24) is 4.72 Å². The minimum atomic E-state index is -3.70. The van der Waals surface area contributed by atoms with E-state index in [0.29, 0.717) is 0 Å². The molecule has 0 bridgehead atoms. The molecule has 0 radical (unpaired) electrons. The third kappa shape index (κ3) is 4.65. The van der Waals surface area contributed by atoms with E-state index in [2.05, 4.69) is 4.72 Å². The first-order valence-corrected chi connectivity index (χ1v) is 7.49. The molecule has 0 saturated carbocycles. The predicted octanol–water partition coefficient (Wildman–Crippen LogP) is 1.78. The van der Waals surface area contributed by atoms with Crippen molar-refractivity contribution in [3.8, 4) is 0 Å². The molecule has 5 nitrogen and oxygen atoms in total. The van der Waals surface area contributed by atoms with Gasteiger partial charge in [0.15, 0.2) is 0 Å². The zero-order valence-electron chi connectivity index (χ0n) is 11.3. The summed E-state index contributed by atoms with van der Waals surface area (Å²) in [6.07, 6.45) is 0.553. The number of hydrogen-bond donors (Lipinski definition) is 2. The monoisotopic (exact) mass is 285 g/mol. The maximum atomic E-state index is 12.1. The van der Waals surface area contributed by atoms with Crippen molar-refractivity contribution in [3.63, 3.8) is 0 Å². The quantitative estimate of drug-likeness (QED) is 0.834. The van der Waals surface area contributed by atoms with Gasteiger partial charge in [0.2, 0.25) is 10.0 Å². The highest BCUT2D eigenvalue weighted by atomic mass is 32.2. The van der Waals surface area contributed by atoms with E-state index >= 15 is 0 Å². The van der Waals surface area contributed by atoms with E-state index < -0.39 is 21.5 Å². The topological polar surface area (TPSA) is 83.5 Å². The normalized spacial score (nSPS) is 12.4. The number of carboxylic acids is 1. The Morgan fingerprint density at radius 1 is 1.26 bits per heavy atom. The minimum Gasteiger partial charge on any atom is -0.481 e. The van der Waals surface area contributed by atoms with Crippen LogP contribution in [-0.4, -0.2) is 25.0 Å². The lowest BCUT2D eigenvalue weighted by Crippen LogP contribution is -2.44. The average Bonchev–Trinajstić information content (AvgIpc) is 2.25. The summed E-state index contributed by atoms with van der Waals surface area (Å²) in [5.41, 5.74) is 0.0115. The minimum absolute atomic E-state index is 0.142. The van der Waals surface area contributed by atoms with Crippen LogP contribution in [0.4, 0.5) is 0 Å². The van der Waals surface area contributed by atoms with Crippen molar-refractivity contribution in [1.29, 1.82) is 0 Å². The van der Waals surface area contributed by atoms with Gasteiger partial charge in [0.1, 0.15) is 0 Å². The zero-order valence-corrected chi connectivity index (χ0v) is 12.1. The molecule has 1 aromatic rings. The molecule has 6 heteroatoms. The molecular formula is C13H19NO4S. The number of sulfonamides is 1. The number of aryl methyl sites for hydroxylation is 1. The molecule has 0 aliphatic carbocycles. The van der Waals surface area contributed by atoms with Gasteiger partial charge in [-0.2, -0.15) is 0 Å². The van der Waals surface area contributed by atoms with Crippen LogP contribution in [0.1, 0.15) is 32.8 Å². The summed E-state index contributed by atoms with van der Waals surface area (Å²) in [5, 5.41) is 8.75. The Morgan fingerprint density at radius 3 is 2.21 bits per heavy atom. The fraction of sp³-hybridized carbons (Fsp3) is 0.462. The number of carboxylic acid groups (broad SMARTS) is 1. The molecule has 19 heavy (non-hydrogen) atoms. The number of aliphatic carboxylic acids is 1. The van der Waals surface area contributed by atoms with E-state index in [9.17, 15) is 13.2 Å². The number of nitrogens with one attached hydrogen (secondary N) is 1. The molecule has 0 saturated heterocycles. The van der Waals surface area contributed by atoms with Gasteiger partial charge >= 0.3 is 5.97 Å². The summed E-state index contributed by atoms with van der Waals surface area (Å²) in [7, 11) is -3.70. The van der Waals surface area contributed by atoms with Crippen molar-refractivity contribution in [2.24, 2.45) is 0 Å². The third-order valence-corrected chi connectivity index (χ3v) is 4.36. The van der Waals surface area contributed by atoms with Gasteiger partial charge in [0.05, 0.1) is 11.3 Å². The van der Waals surface area contributed by atoms with Gasteiger partial charge in [-0.05, 0) is 38.0 Å². The molecule has 0 amide bonds. The first-order valence-electron chi connectivity index (χ1n) is 6.01. The molecule has 0 aliphatic rings. The Balaban J connectivity index is 2.94. The predicted molar refractivity (Wildman–Crippen MR) is 72.5 cm³/mol. The van der Waals surface area contributed by atoms with Crippen LogP contribution in [0.25, 0.3) is 0 Å². The van der Waals surface area contributed by atoms with E-state index in [-0.39, 0.29) is 11.3 Å². The fourth-order valence-electron chi connectivity index (χ4n) is 1.74. The van der Waals surface area contributed by atoms with Crippen molar-refractivity contribution in [2.75, 3.05) is 0 Å². The highest BCUT2D eigenvalue weighted by molar-refractivity contribution is 7.89. The molecular weight excluding hydrogens is 266 g/mol. The first kappa shape index (κ1) is 15.7. The molecule has 0 fully saturated rings. The van der Waals surface area contributed by atoms with Gasteiger partial charge in [0.25, 0.3) is 0 Å². The second kappa shape index (κ2) is 5.71. The lowest BCUT2D eigenvalue weighted by atomic mass is 10.0. The average molecular weight is 285 g/mol. The van der Waals surface area contributed by atoms with Crippen LogP contribution in [0, 0.1) is 0 Å². The highest BCUT2D eigenvalue weighted by Gasteiger charge is 2.28. The van der Waals surface area contributed by atoms with Gasteiger partial charge in [-0.3, -0.25) is 4.79 Å². The first-order chi connectivity index (χ1) is 8.66. The molecule has 1 aromatic carbocycles. The van der Waals surface area contributed by atoms with Crippen LogP contribution in [0.2, 0.25) is 0 Å². The summed E-state index contributed by atoms with van der Waals surface area (Å²) < 4.78 is 26.7. The van der Waals surface area contributed by atoms with E-state index in [4.69, 9.17) is 5.11 Å². The van der Waals surface area contributed by atoms with Gasteiger partial charge in [-0.15, -0.1) is 0 Å². The summed E-state index contributed by atoms with van der Waals surface area (Å²) in [4.78, 5) is 10.8. The molecule has 0 unspecified atom stereocenters. The number of rotatable bonds is 6. The number of hydrogen-bond acceptors (Lipinski definition) is 3. The van der Waals surface area contributed by atoms with Gasteiger partial charge in [-0.1, -0.05) is 19.1 Å². The van der Waals surface area contributed by atoms with Crippen LogP contribution in [0.3, 0.4) is 0 Å². The van der Waals surface area contributed by atoms with E-state index in [1.54, 1.807) is 26.0 Å². The summed E-state index contributed by atoms with van der Waals surface area (Å²) in [5.74, 6) is -1.05. The van der Waals surface area contributed by atoms with Crippen LogP contribution in [0.15, 0.2) is 29.2 Å². The molecule has 0 aromatic heterocycles. The SMILES string of the molecule is CCc1ccc(S(=O)(=O)NC(C)(C)CC(=O)O)cc1. The Labute approximate surface area is 113 Å². The van der Waals surface area contributed by atoms with Crippen LogP contribution in [-0.2, 0) is 21.2 Å². The van der Waals surface area contributed by atoms with Crippen molar-refractivity contribution >= 4 is 16.0 Å². The van der Waals surface area contributed by atoms with Gasteiger partial charge < -0.3 is 5.11 Å². The van der Waals surface area contributed by atoms with Gasteiger partial charge in [-0.25, -0.2) is 13.1 Å². The standard InChI is InChI=1S/C13H19NO4S/c1-4-10-5-7-11(8-6-10)19(17,18)14-13(2,3)9-12(15)16/h5-8,14H,4,9H2,1-3H3,(H,15,16). The maximum absolute atomic E-state index is 12.1. The molecule has 0 heterocycles. The maximum Gasteiger partial charge on any atom is 0.305 e. The Morgan fingerprint density at radius 2 is 1.79 bits per heavy atom. The van der Waals surface area contributed by atoms with Gasteiger partial charge in [0, 0.05) is 5.54 Å². The van der Waals surface area contributed by atoms with Crippen LogP contribution < -0.4 is 4.72 Å². The Hall–Kier alpha value is -1.40. The summed E-state index contributed by atoms with van der Waals surface area (Å²) in [6.45, 7) is 5.07. The van der Waals surface area contributed by atoms with Crippen molar-refractivity contribution < 1.29 is 18.3 Å². The van der Waals surface area contributed by atoms with E-state index in [1.165, 1.54) is 12.1 Å².